The highest BCUT2D eigenvalue weighted by Crippen LogP contribution is 2.29. The standard InChI is InChI=1S/C17H16N4O3/c1-11(22)21(12(2)23)15-10-13(6-7-18-15)14-4-5-16(24-3)20-9-8-19-17(14)20/h4-10H,1-3H3. The van der Waals surface area contributed by atoms with Gasteiger partial charge >= 0.3 is 0 Å². The maximum Gasteiger partial charge on any atom is 0.231 e. The first kappa shape index (κ1) is 15.7. The number of amides is 2. The van der Waals surface area contributed by atoms with Crippen molar-refractivity contribution in [1.82, 2.24) is 14.4 Å². The lowest BCUT2D eigenvalue weighted by atomic mass is 10.1. The number of carbonyl (C=O) groups excluding carboxylic acids is 2. The molecule has 3 heterocycles. The van der Waals surface area contributed by atoms with Gasteiger partial charge in [0.05, 0.1) is 7.11 Å². The first-order valence-electron chi connectivity index (χ1n) is 7.30. The molecule has 7 heteroatoms. The molecule has 0 aliphatic carbocycles. The second-order valence-electron chi connectivity index (χ2n) is 5.19. The van der Waals surface area contributed by atoms with Crippen molar-refractivity contribution in [3.05, 3.63) is 42.9 Å². The molecule has 0 aliphatic rings. The van der Waals surface area contributed by atoms with Gasteiger partial charge in [-0.05, 0) is 29.8 Å². The van der Waals surface area contributed by atoms with E-state index in [1.807, 2.05) is 16.5 Å². The molecule has 0 atom stereocenters. The van der Waals surface area contributed by atoms with E-state index in [0.29, 0.717) is 11.5 Å². The molecule has 122 valence electrons. The summed E-state index contributed by atoms with van der Waals surface area (Å²) in [6.45, 7) is 2.66. The van der Waals surface area contributed by atoms with Crippen LogP contribution in [0.15, 0.2) is 42.9 Å². The van der Waals surface area contributed by atoms with E-state index in [4.69, 9.17) is 4.74 Å². The summed E-state index contributed by atoms with van der Waals surface area (Å²) in [6, 6.07) is 7.21. The van der Waals surface area contributed by atoms with Crippen molar-refractivity contribution in [2.45, 2.75) is 13.8 Å². The molecular formula is C17H16N4O3. The van der Waals surface area contributed by atoms with Crippen molar-refractivity contribution in [3.63, 3.8) is 0 Å². The number of methoxy groups -OCH3 is 1. The lowest BCUT2D eigenvalue weighted by molar-refractivity contribution is -0.124. The van der Waals surface area contributed by atoms with E-state index in [1.165, 1.54) is 13.8 Å². The molecule has 0 unspecified atom stereocenters. The van der Waals surface area contributed by atoms with Gasteiger partial charge in [0.25, 0.3) is 0 Å². The molecule has 0 bridgehead atoms. The number of rotatable bonds is 3. The van der Waals surface area contributed by atoms with Crippen LogP contribution in [0.3, 0.4) is 0 Å². The molecule has 0 radical (unpaired) electrons. The minimum Gasteiger partial charge on any atom is -0.482 e. The summed E-state index contributed by atoms with van der Waals surface area (Å²) in [4.78, 5) is 33.0. The minimum absolute atomic E-state index is 0.285. The van der Waals surface area contributed by atoms with Crippen LogP contribution < -0.4 is 9.64 Å². The molecular weight excluding hydrogens is 308 g/mol. The van der Waals surface area contributed by atoms with Crippen molar-refractivity contribution >= 4 is 23.3 Å². The first-order valence-corrected chi connectivity index (χ1v) is 7.30. The van der Waals surface area contributed by atoms with Crippen LogP contribution in [0.5, 0.6) is 5.88 Å². The van der Waals surface area contributed by atoms with Gasteiger partial charge in [-0.25, -0.2) is 14.9 Å². The van der Waals surface area contributed by atoms with Gasteiger partial charge in [-0.1, -0.05) is 0 Å². The molecule has 0 spiro atoms. The van der Waals surface area contributed by atoms with Gasteiger partial charge in [-0.2, -0.15) is 0 Å². The Bertz CT molecular complexity index is 918. The Morgan fingerprint density at radius 1 is 1.08 bits per heavy atom. The van der Waals surface area contributed by atoms with Crippen LogP contribution in [0, 0.1) is 0 Å². The van der Waals surface area contributed by atoms with Gasteiger partial charge < -0.3 is 4.74 Å². The SMILES string of the molecule is COc1ccc(-c2ccnc(N(C(C)=O)C(C)=O)c2)c2nccn12. The third kappa shape index (κ3) is 2.60. The van der Waals surface area contributed by atoms with E-state index < -0.39 is 0 Å². The average molecular weight is 324 g/mol. The van der Waals surface area contributed by atoms with Gasteiger partial charge in [0.2, 0.25) is 11.8 Å². The smallest absolute Gasteiger partial charge is 0.231 e. The Kier molecular flexibility index (Phi) is 3.99. The van der Waals surface area contributed by atoms with Crippen LogP contribution in [0.4, 0.5) is 5.82 Å². The van der Waals surface area contributed by atoms with Crippen LogP contribution in [0.1, 0.15) is 13.8 Å². The molecule has 0 fully saturated rings. The number of hydrogen-bond acceptors (Lipinski definition) is 5. The molecule has 0 saturated carbocycles. The van der Waals surface area contributed by atoms with Gasteiger partial charge in [0.1, 0.15) is 11.5 Å². The molecule has 0 saturated heterocycles. The molecule has 0 N–H and O–H groups in total. The van der Waals surface area contributed by atoms with E-state index in [-0.39, 0.29) is 17.6 Å². The number of hydrogen-bond donors (Lipinski definition) is 0. The minimum atomic E-state index is -0.382. The number of imidazole rings is 1. The van der Waals surface area contributed by atoms with E-state index in [2.05, 4.69) is 9.97 Å². The van der Waals surface area contributed by atoms with E-state index >= 15 is 0 Å². The Morgan fingerprint density at radius 2 is 1.83 bits per heavy atom. The molecule has 3 aromatic rings. The van der Waals surface area contributed by atoms with Crippen molar-refractivity contribution in [2.24, 2.45) is 0 Å². The quantitative estimate of drug-likeness (QED) is 0.739. The van der Waals surface area contributed by atoms with E-state index in [0.717, 1.165) is 16.0 Å². The zero-order valence-corrected chi connectivity index (χ0v) is 13.6. The van der Waals surface area contributed by atoms with Gasteiger partial charge in [0.15, 0.2) is 5.88 Å². The second-order valence-corrected chi connectivity index (χ2v) is 5.19. The number of imide groups is 1. The van der Waals surface area contributed by atoms with Crippen LogP contribution in [-0.2, 0) is 9.59 Å². The zero-order chi connectivity index (χ0) is 17.3. The Morgan fingerprint density at radius 3 is 2.50 bits per heavy atom. The maximum absolute atomic E-state index is 11.7. The van der Waals surface area contributed by atoms with Gasteiger partial charge in [0, 0.05) is 38.0 Å². The van der Waals surface area contributed by atoms with Crippen LogP contribution in [0.25, 0.3) is 16.8 Å². The first-order chi connectivity index (χ1) is 11.5. The lowest BCUT2D eigenvalue weighted by Gasteiger charge is -2.17. The summed E-state index contributed by atoms with van der Waals surface area (Å²) < 4.78 is 7.14. The summed E-state index contributed by atoms with van der Waals surface area (Å²) in [6.07, 6.45) is 5.05. The van der Waals surface area contributed by atoms with Crippen LogP contribution >= 0.6 is 0 Å². The number of ether oxygens (including phenoxy) is 1. The highest BCUT2D eigenvalue weighted by molar-refractivity contribution is 6.12. The predicted molar refractivity (Wildman–Crippen MR) is 88.8 cm³/mol. The average Bonchev–Trinajstić information content (AvgIpc) is 3.03. The highest BCUT2D eigenvalue weighted by Gasteiger charge is 2.19. The van der Waals surface area contributed by atoms with Crippen LogP contribution in [0.2, 0.25) is 0 Å². The summed E-state index contributed by atoms with van der Waals surface area (Å²) in [5.74, 6) is 0.184. The number of aromatic nitrogens is 3. The van der Waals surface area contributed by atoms with E-state index in [9.17, 15) is 9.59 Å². The Hall–Kier alpha value is -3.22. The van der Waals surface area contributed by atoms with Crippen molar-refractivity contribution in [1.29, 1.82) is 0 Å². The monoisotopic (exact) mass is 324 g/mol. The predicted octanol–water partition coefficient (Wildman–Crippen LogP) is 2.30. The number of carbonyl (C=O) groups is 2. The number of anilines is 1. The Labute approximate surface area is 138 Å². The van der Waals surface area contributed by atoms with Crippen molar-refractivity contribution in [3.8, 4) is 17.0 Å². The fourth-order valence-corrected chi connectivity index (χ4v) is 2.63. The molecule has 3 rings (SSSR count). The lowest BCUT2D eigenvalue weighted by Crippen LogP contribution is -2.33. The molecule has 24 heavy (non-hydrogen) atoms. The number of fused-ring (bicyclic) bond motifs is 1. The molecule has 2 amide bonds. The topological polar surface area (TPSA) is 76.8 Å². The fraction of sp³-hybridized carbons (Fsp3) is 0.176. The largest absolute Gasteiger partial charge is 0.482 e. The summed E-state index contributed by atoms with van der Waals surface area (Å²) in [7, 11) is 1.59. The third-order valence-electron chi connectivity index (χ3n) is 3.64. The Balaban J connectivity index is 2.15. The molecule has 0 aromatic carbocycles. The number of pyridine rings is 2. The summed E-state index contributed by atoms with van der Waals surface area (Å²) >= 11 is 0. The van der Waals surface area contributed by atoms with Crippen LogP contribution in [-0.4, -0.2) is 33.3 Å². The van der Waals surface area contributed by atoms with Gasteiger partial charge in [-0.15, -0.1) is 0 Å². The normalized spacial score (nSPS) is 10.6. The molecule has 7 nitrogen and oxygen atoms in total. The van der Waals surface area contributed by atoms with E-state index in [1.54, 1.807) is 37.8 Å². The zero-order valence-electron chi connectivity index (χ0n) is 13.6. The molecule has 3 aromatic heterocycles. The number of nitrogens with zero attached hydrogens (tertiary/aromatic N) is 4. The van der Waals surface area contributed by atoms with Gasteiger partial charge in [-0.3, -0.25) is 14.0 Å². The maximum atomic E-state index is 11.7. The molecule has 0 aliphatic heterocycles. The summed E-state index contributed by atoms with van der Waals surface area (Å²) in [5, 5.41) is 0. The fourth-order valence-electron chi connectivity index (χ4n) is 2.63. The highest BCUT2D eigenvalue weighted by atomic mass is 16.5. The summed E-state index contributed by atoms with van der Waals surface area (Å²) in [5.41, 5.74) is 2.35. The van der Waals surface area contributed by atoms with Crippen molar-refractivity contribution in [2.75, 3.05) is 12.0 Å². The second kappa shape index (κ2) is 6.11. The third-order valence-corrected chi connectivity index (χ3v) is 3.64. The van der Waals surface area contributed by atoms with Crippen molar-refractivity contribution < 1.29 is 14.3 Å².